The van der Waals surface area contributed by atoms with Crippen molar-refractivity contribution in [2.45, 2.75) is 32.6 Å². The topological polar surface area (TPSA) is 113 Å². The lowest BCUT2D eigenvalue weighted by Gasteiger charge is -2.13. The maximum atomic E-state index is 13.9. The summed E-state index contributed by atoms with van der Waals surface area (Å²) in [7, 11) is 0. The third kappa shape index (κ3) is 5.03. The summed E-state index contributed by atoms with van der Waals surface area (Å²) in [6.07, 6.45) is 1.99. The van der Waals surface area contributed by atoms with Gasteiger partial charge in [-0.1, -0.05) is 42.5 Å². The summed E-state index contributed by atoms with van der Waals surface area (Å²) < 4.78 is 19.6. The molecule has 34 heavy (non-hydrogen) atoms. The summed E-state index contributed by atoms with van der Waals surface area (Å²) in [5.41, 5.74) is 9.59. The van der Waals surface area contributed by atoms with E-state index in [9.17, 15) is 18.8 Å². The molecule has 174 valence electrons. The molecule has 1 aliphatic carbocycles. The molecule has 4 rings (SSSR count). The van der Waals surface area contributed by atoms with Gasteiger partial charge in [-0.3, -0.25) is 25.2 Å². The van der Waals surface area contributed by atoms with Crippen LogP contribution in [0.15, 0.2) is 64.1 Å². The second-order valence-corrected chi connectivity index (χ2v) is 7.85. The first-order valence-corrected chi connectivity index (χ1v) is 10.8. The van der Waals surface area contributed by atoms with Gasteiger partial charge in [0.05, 0.1) is 17.7 Å². The lowest BCUT2D eigenvalue weighted by atomic mass is 9.93. The van der Waals surface area contributed by atoms with Gasteiger partial charge < -0.3 is 4.42 Å². The summed E-state index contributed by atoms with van der Waals surface area (Å²) in [5, 5.41) is 4.19. The fraction of sp³-hybridized carbons (Fsp3) is 0.200. The molecule has 1 aromatic heterocycles. The average molecular weight is 462 g/mol. The molecule has 3 amide bonds. The molecule has 0 fully saturated rings. The summed E-state index contributed by atoms with van der Waals surface area (Å²) in [6, 6.07) is 14.8. The predicted octanol–water partition coefficient (Wildman–Crippen LogP) is 3.20. The van der Waals surface area contributed by atoms with E-state index in [1.165, 1.54) is 18.2 Å². The Hall–Kier alpha value is -4.27. The first-order chi connectivity index (χ1) is 16.4. The van der Waals surface area contributed by atoms with Gasteiger partial charge in [-0.25, -0.2) is 9.82 Å². The number of aryl methyl sites for hydroxylation is 1. The number of hydrogen-bond donors (Lipinski definition) is 3. The molecule has 0 aliphatic heterocycles. The van der Waals surface area contributed by atoms with E-state index in [4.69, 9.17) is 4.42 Å². The Bertz CT molecular complexity index is 1270. The molecule has 1 heterocycles. The fourth-order valence-electron chi connectivity index (χ4n) is 3.83. The predicted molar refractivity (Wildman–Crippen MR) is 123 cm³/mol. The normalized spacial score (nSPS) is 13.8. The maximum absolute atomic E-state index is 13.9. The Balaban J connectivity index is 1.45. The first kappa shape index (κ1) is 22.9. The highest BCUT2D eigenvalue weighted by Crippen LogP contribution is 2.29. The molecule has 9 heteroatoms. The summed E-state index contributed by atoms with van der Waals surface area (Å²) >= 11 is 0. The smallest absolute Gasteiger partial charge is 0.305 e. The number of hydrogen-bond acceptors (Lipinski definition) is 5. The number of nitrogens with zero attached hydrogens (tertiary/aromatic N) is 1. The van der Waals surface area contributed by atoms with Gasteiger partial charge in [0, 0.05) is 17.5 Å². The second kappa shape index (κ2) is 10.1. The molecule has 0 radical (unpaired) electrons. The second-order valence-electron chi connectivity index (χ2n) is 7.85. The van der Waals surface area contributed by atoms with Gasteiger partial charge in [0.15, 0.2) is 5.76 Å². The van der Waals surface area contributed by atoms with Crippen molar-refractivity contribution in [1.29, 1.82) is 0 Å². The molecule has 1 aliphatic rings. The average Bonchev–Trinajstić information content (AvgIpc) is 3.19. The highest BCUT2D eigenvalue weighted by atomic mass is 19.1. The van der Waals surface area contributed by atoms with Gasteiger partial charge in [0.2, 0.25) is 5.91 Å². The zero-order valence-corrected chi connectivity index (χ0v) is 18.5. The number of furan rings is 1. The number of carbonyl (C=O) groups excluding carboxylic acids is 3. The fourth-order valence-corrected chi connectivity index (χ4v) is 3.83. The van der Waals surface area contributed by atoms with Gasteiger partial charge in [0.1, 0.15) is 11.6 Å². The summed E-state index contributed by atoms with van der Waals surface area (Å²) in [4.78, 5) is 37.1. The standard InChI is InChI=1S/C25H23FN4O4/c1-15-22-19(27-29-24(32)17-10-5-6-11-18(17)26)12-7-13-20(22)34-23(15)25(33)30-28-21(31)14-16-8-3-2-4-9-16/h2-6,8-11H,7,12-14H2,1H3,(H,28,31)(H,29,32)(H,30,33)/b27-19+. The number of rotatable bonds is 5. The van der Waals surface area contributed by atoms with Crippen LogP contribution in [0.4, 0.5) is 4.39 Å². The molecule has 0 atom stereocenters. The summed E-state index contributed by atoms with van der Waals surface area (Å²) in [6.45, 7) is 1.71. The molecule has 0 bridgehead atoms. The molecule has 0 spiro atoms. The quantitative estimate of drug-likeness (QED) is 0.506. The van der Waals surface area contributed by atoms with Crippen molar-refractivity contribution in [1.82, 2.24) is 16.3 Å². The van der Waals surface area contributed by atoms with Gasteiger partial charge in [-0.05, 0) is 37.5 Å². The van der Waals surface area contributed by atoms with Crippen LogP contribution >= 0.6 is 0 Å². The van der Waals surface area contributed by atoms with Crippen molar-refractivity contribution in [3.63, 3.8) is 0 Å². The van der Waals surface area contributed by atoms with Gasteiger partial charge in [-0.15, -0.1) is 0 Å². The SMILES string of the molecule is Cc1c(C(=O)NNC(=O)Cc2ccccc2)oc2c1/C(=N/NC(=O)c1ccccc1F)CCC2. The first-order valence-electron chi connectivity index (χ1n) is 10.8. The van der Waals surface area contributed by atoms with Gasteiger partial charge in [0.25, 0.3) is 5.91 Å². The largest absolute Gasteiger partial charge is 0.455 e. The Labute approximate surface area is 195 Å². The van der Waals surface area contributed by atoms with Crippen LogP contribution in [0.3, 0.4) is 0 Å². The van der Waals surface area contributed by atoms with Crippen molar-refractivity contribution in [3.8, 4) is 0 Å². The monoisotopic (exact) mass is 462 g/mol. The van der Waals surface area contributed by atoms with Crippen molar-refractivity contribution in [2.75, 3.05) is 0 Å². The minimum Gasteiger partial charge on any atom is -0.455 e. The van der Waals surface area contributed by atoms with E-state index < -0.39 is 17.6 Å². The molecule has 3 aromatic rings. The number of benzene rings is 2. The van der Waals surface area contributed by atoms with E-state index in [0.29, 0.717) is 41.9 Å². The van der Waals surface area contributed by atoms with Crippen molar-refractivity contribution in [2.24, 2.45) is 5.10 Å². The number of carbonyl (C=O) groups is 3. The van der Waals surface area contributed by atoms with Crippen molar-refractivity contribution in [3.05, 3.63) is 94.2 Å². The van der Waals surface area contributed by atoms with Crippen LogP contribution < -0.4 is 16.3 Å². The highest BCUT2D eigenvalue weighted by Gasteiger charge is 2.28. The van der Waals surface area contributed by atoms with Crippen LogP contribution in [-0.2, 0) is 17.6 Å². The zero-order chi connectivity index (χ0) is 24.1. The Morgan fingerprint density at radius 2 is 1.71 bits per heavy atom. The molecule has 0 unspecified atom stereocenters. The van der Waals surface area contributed by atoms with E-state index in [2.05, 4.69) is 21.4 Å². The number of nitrogens with one attached hydrogen (secondary N) is 3. The third-order valence-corrected chi connectivity index (χ3v) is 5.47. The Kier molecular flexibility index (Phi) is 6.82. The number of hydrazine groups is 1. The minimum absolute atomic E-state index is 0.0556. The summed E-state index contributed by atoms with van der Waals surface area (Å²) in [5.74, 6) is -1.65. The zero-order valence-electron chi connectivity index (χ0n) is 18.5. The number of amides is 3. The van der Waals surface area contributed by atoms with E-state index in [1.807, 2.05) is 30.3 Å². The molecule has 8 nitrogen and oxygen atoms in total. The number of hydrazone groups is 1. The van der Waals surface area contributed by atoms with Crippen LogP contribution in [0.25, 0.3) is 0 Å². The van der Waals surface area contributed by atoms with E-state index in [-0.39, 0.29) is 23.7 Å². The molecular formula is C25H23FN4O4. The molecule has 0 saturated carbocycles. The van der Waals surface area contributed by atoms with Gasteiger partial charge >= 0.3 is 5.91 Å². The van der Waals surface area contributed by atoms with Crippen molar-refractivity contribution >= 4 is 23.4 Å². The lowest BCUT2D eigenvalue weighted by molar-refractivity contribution is -0.121. The third-order valence-electron chi connectivity index (χ3n) is 5.47. The number of fused-ring (bicyclic) bond motifs is 1. The molecule has 0 saturated heterocycles. The van der Waals surface area contributed by atoms with Gasteiger partial charge in [-0.2, -0.15) is 5.10 Å². The Morgan fingerprint density at radius 1 is 0.971 bits per heavy atom. The van der Waals surface area contributed by atoms with E-state index in [1.54, 1.807) is 13.0 Å². The minimum atomic E-state index is -0.669. The van der Waals surface area contributed by atoms with Crippen LogP contribution in [-0.4, -0.2) is 23.4 Å². The van der Waals surface area contributed by atoms with E-state index in [0.717, 1.165) is 5.56 Å². The lowest BCUT2D eigenvalue weighted by Crippen LogP contribution is -2.42. The molecule has 3 N–H and O–H groups in total. The Morgan fingerprint density at radius 3 is 2.47 bits per heavy atom. The molecule has 2 aromatic carbocycles. The van der Waals surface area contributed by atoms with Crippen LogP contribution in [0.1, 0.15) is 56.2 Å². The highest BCUT2D eigenvalue weighted by molar-refractivity contribution is 6.07. The molecular weight excluding hydrogens is 439 g/mol. The maximum Gasteiger partial charge on any atom is 0.305 e. The van der Waals surface area contributed by atoms with Crippen LogP contribution in [0, 0.1) is 12.7 Å². The van der Waals surface area contributed by atoms with Crippen LogP contribution in [0.2, 0.25) is 0 Å². The number of halogens is 1. The van der Waals surface area contributed by atoms with E-state index >= 15 is 0 Å². The van der Waals surface area contributed by atoms with Crippen LogP contribution in [0.5, 0.6) is 0 Å². The van der Waals surface area contributed by atoms with Crippen molar-refractivity contribution < 1.29 is 23.2 Å².